The number of hydrogen-bond donors (Lipinski definition) is 0. The highest BCUT2D eigenvalue weighted by Gasteiger charge is 2.15. The summed E-state index contributed by atoms with van der Waals surface area (Å²) in [6.45, 7) is 6.00. The van der Waals surface area contributed by atoms with E-state index in [2.05, 4.69) is 41.2 Å². The quantitative estimate of drug-likeness (QED) is 0.304. The second-order valence-corrected chi connectivity index (χ2v) is 7.49. The molecule has 0 N–H and O–H groups in total. The molecule has 1 atom stereocenters. The Morgan fingerprint density at radius 3 is 2.13 bits per heavy atom. The number of carbonyl (C=O) groups excluding carboxylic acids is 1. The minimum absolute atomic E-state index is 0.335. The number of aromatic nitrogens is 2. The zero-order chi connectivity index (χ0) is 22.1. The van der Waals surface area contributed by atoms with Crippen LogP contribution in [0.1, 0.15) is 45.6 Å². The fourth-order valence-electron chi connectivity index (χ4n) is 3.26. The molecule has 0 aliphatic carbocycles. The van der Waals surface area contributed by atoms with E-state index in [9.17, 15) is 4.79 Å². The van der Waals surface area contributed by atoms with Gasteiger partial charge >= 0.3 is 5.97 Å². The summed E-state index contributed by atoms with van der Waals surface area (Å²) < 4.78 is 10.6. The van der Waals surface area contributed by atoms with Crippen LogP contribution in [0.15, 0.2) is 60.9 Å². The lowest BCUT2D eigenvalue weighted by atomic mass is 10.0. The predicted molar refractivity (Wildman–Crippen MR) is 123 cm³/mol. The van der Waals surface area contributed by atoms with Crippen molar-refractivity contribution in [3.63, 3.8) is 0 Å². The van der Waals surface area contributed by atoms with E-state index < -0.39 is 6.10 Å². The molecule has 0 bridgehead atoms. The minimum atomic E-state index is -0.653. The Labute approximate surface area is 184 Å². The van der Waals surface area contributed by atoms with Gasteiger partial charge in [0.25, 0.3) is 0 Å². The number of hydrogen-bond acceptors (Lipinski definition) is 5. The van der Waals surface area contributed by atoms with Crippen molar-refractivity contribution in [1.82, 2.24) is 9.97 Å². The number of aryl methyl sites for hydroxylation is 1. The van der Waals surface area contributed by atoms with Gasteiger partial charge in [-0.15, -0.1) is 0 Å². The van der Waals surface area contributed by atoms with E-state index in [0.717, 1.165) is 23.1 Å². The van der Waals surface area contributed by atoms with Gasteiger partial charge in [-0.1, -0.05) is 44.0 Å². The molecular formula is C26H30N2O3. The molecule has 5 nitrogen and oxygen atoms in total. The molecule has 1 unspecified atom stereocenters. The summed E-state index contributed by atoms with van der Waals surface area (Å²) in [5.41, 5.74) is 4.36. The number of carbonyl (C=O) groups is 1. The molecule has 3 rings (SSSR count). The van der Waals surface area contributed by atoms with Crippen LogP contribution in [-0.2, 0) is 16.0 Å². The Bertz CT molecular complexity index is 951. The molecule has 0 aliphatic rings. The summed E-state index contributed by atoms with van der Waals surface area (Å²) in [7, 11) is 0. The highest BCUT2D eigenvalue weighted by Crippen LogP contribution is 2.23. The van der Waals surface area contributed by atoms with E-state index in [1.807, 2.05) is 24.5 Å². The Morgan fingerprint density at radius 2 is 1.52 bits per heavy atom. The summed E-state index contributed by atoms with van der Waals surface area (Å²) >= 11 is 0. The van der Waals surface area contributed by atoms with Gasteiger partial charge < -0.3 is 9.47 Å². The smallest absolute Gasteiger partial charge is 0.347 e. The maximum Gasteiger partial charge on any atom is 0.347 e. The molecule has 5 heteroatoms. The Balaban J connectivity index is 1.62. The van der Waals surface area contributed by atoms with Gasteiger partial charge in [0.15, 0.2) is 11.9 Å². The molecule has 0 aliphatic heterocycles. The van der Waals surface area contributed by atoms with E-state index in [0.29, 0.717) is 18.2 Å². The lowest BCUT2D eigenvalue weighted by molar-refractivity contribution is -0.150. The fraction of sp³-hybridized carbons (Fsp3) is 0.346. The van der Waals surface area contributed by atoms with Crippen molar-refractivity contribution in [2.45, 2.75) is 52.6 Å². The third kappa shape index (κ3) is 6.38. The second kappa shape index (κ2) is 11.3. The minimum Gasteiger partial charge on any atom is -0.479 e. The highest BCUT2D eigenvalue weighted by molar-refractivity contribution is 5.74. The molecule has 0 amide bonds. The van der Waals surface area contributed by atoms with Crippen LogP contribution in [-0.4, -0.2) is 28.6 Å². The molecular weight excluding hydrogens is 388 g/mol. The number of nitrogens with zero attached hydrogens (tertiary/aromatic N) is 2. The van der Waals surface area contributed by atoms with Crippen molar-refractivity contribution in [3.05, 3.63) is 66.5 Å². The third-order valence-corrected chi connectivity index (χ3v) is 5.05. The first kappa shape index (κ1) is 22.5. The van der Waals surface area contributed by atoms with Crippen LogP contribution in [0.5, 0.6) is 5.75 Å². The monoisotopic (exact) mass is 418 g/mol. The number of ether oxygens (including phenoxy) is 2. The van der Waals surface area contributed by atoms with Gasteiger partial charge in [-0.25, -0.2) is 14.8 Å². The van der Waals surface area contributed by atoms with E-state index in [1.165, 1.54) is 24.8 Å². The van der Waals surface area contributed by atoms with Crippen LogP contribution in [0.4, 0.5) is 0 Å². The van der Waals surface area contributed by atoms with Gasteiger partial charge in [-0.3, -0.25) is 0 Å². The first-order chi connectivity index (χ1) is 15.1. The molecule has 31 heavy (non-hydrogen) atoms. The maximum absolute atomic E-state index is 11.7. The number of unbranched alkanes of at least 4 members (excludes halogenated alkanes) is 2. The lowest BCUT2D eigenvalue weighted by Crippen LogP contribution is -2.25. The predicted octanol–water partition coefficient (Wildman–Crippen LogP) is 5.87. The third-order valence-electron chi connectivity index (χ3n) is 5.05. The summed E-state index contributed by atoms with van der Waals surface area (Å²) in [6, 6.07) is 16.0. The molecule has 0 radical (unpaired) electrons. The molecule has 1 heterocycles. The van der Waals surface area contributed by atoms with Crippen LogP contribution in [0, 0.1) is 0 Å². The molecule has 162 valence electrons. The average molecular weight is 419 g/mol. The fourth-order valence-corrected chi connectivity index (χ4v) is 3.26. The van der Waals surface area contributed by atoms with E-state index in [-0.39, 0.29) is 5.97 Å². The molecule has 0 saturated heterocycles. The van der Waals surface area contributed by atoms with Crippen molar-refractivity contribution in [2.24, 2.45) is 0 Å². The highest BCUT2D eigenvalue weighted by atomic mass is 16.6. The largest absolute Gasteiger partial charge is 0.479 e. The average Bonchev–Trinajstić information content (AvgIpc) is 2.80. The van der Waals surface area contributed by atoms with Crippen molar-refractivity contribution >= 4 is 5.97 Å². The standard InChI is InChI=1S/C26H30N2O3/c1-4-6-7-8-20-9-11-21(12-10-20)23-17-27-25(28-18-23)22-13-15-24(16-14-22)31-19(3)26(29)30-5-2/h9-19H,4-8H2,1-3H3. The molecule has 0 saturated carbocycles. The van der Waals surface area contributed by atoms with Crippen molar-refractivity contribution in [1.29, 1.82) is 0 Å². The second-order valence-electron chi connectivity index (χ2n) is 7.49. The Hall–Kier alpha value is -3.21. The van der Waals surface area contributed by atoms with Gasteiger partial charge in [-0.2, -0.15) is 0 Å². The SMILES string of the molecule is CCCCCc1ccc(-c2cnc(-c3ccc(OC(C)C(=O)OCC)cc3)nc2)cc1. The molecule has 0 fully saturated rings. The summed E-state index contributed by atoms with van der Waals surface area (Å²) in [5.74, 6) is 0.865. The van der Waals surface area contributed by atoms with Crippen LogP contribution >= 0.6 is 0 Å². The molecule has 2 aromatic carbocycles. The number of benzene rings is 2. The molecule has 3 aromatic rings. The normalized spacial score (nSPS) is 11.7. The zero-order valence-corrected chi connectivity index (χ0v) is 18.5. The van der Waals surface area contributed by atoms with Crippen LogP contribution < -0.4 is 4.74 Å². The van der Waals surface area contributed by atoms with Crippen molar-refractivity contribution in [3.8, 4) is 28.3 Å². The van der Waals surface area contributed by atoms with Crippen LogP contribution in [0.3, 0.4) is 0 Å². The van der Waals surface area contributed by atoms with Crippen LogP contribution in [0.2, 0.25) is 0 Å². The maximum atomic E-state index is 11.7. The van der Waals surface area contributed by atoms with Gasteiger partial charge in [0, 0.05) is 23.5 Å². The van der Waals surface area contributed by atoms with Crippen molar-refractivity contribution in [2.75, 3.05) is 6.61 Å². The van der Waals surface area contributed by atoms with Crippen LogP contribution in [0.25, 0.3) is 22.5 Å². The van der Waals surface area contributed by atoms with Gasteiger partial charge in [-0.05, 0) is 62.1 Å². The topological polar surface area (TPSA) is 61.3 Å². The van der Waals surface area contributed by atoms with E-state index >= 15 is 0 Å². The first-order valence-corrected chi connectivity index (χ1v) is 11.0. The summed E-state index contributed by atoms with van der Waals surface area (Å²) in [4.78, 5) is 20.7. The first-order valence-electron chi connectivity index (χ1n) is 11.0. The number of rotatable bonds is 10. The van der Waals surface area contributed by atoms with Gasteiger partial charge in [0.05, 0.1) is 6.61 Å². The molecule has 0 spiro atoms. The zero-order valence-electron chi connectivity index (χ0n) is 18.5. The van der Waals surface area contributed by atoms with Crippen molar-refractivity contribution < 1.29 is 14.3 Å². The van der Waals surface area contributed by atoms with E-state index in [4.69, 9.17) is 9.47 Å². The van der Waals surface area contributed by atoms with Gasteiger partial charge in [0.2, 0.25) is 0 Å². The Kier molecular flexibility index (Phi) is 8.16. The molecule has 1 aromatic heterocycles. The summed E-state index contributed by atoms with van der Waals surface area (Å²) in [6.07, 6.45) is 7.92. The number of esters is 1. The van der Waals surface area contributed by atoms with E-state index in [1.54, 1.807) is 26.0 Å². The van der Waals surface area contributed by atoms with Gasteiger partial charge in [0.1, 0.15) is 5.75 Å². The Morgan fingerprint density at radius 1 is 0.871 bits per heavy atom. The lowest BCUT2D eigenvalue weighted by Gasteiger charge is -2.13. The summed E-state index contributed by atoms with van der Waals surface area (Å²) in [5, 5.41) is 0.